The number of fused-ring (bicyclic) bond motifs is 6. The molecule has 142 valence electrons. The highest BCUT2D eigenvalue weighted by atomic mass is 36.0. The predicted molar refractivity (Wildman–Crippen MR) is 123 cm³/mol. The third-order valence-corrected chi connectivity index (χ3v) is 9.12. The first-order valence-electron chi connectivity index (χ1n) is 9.16. The number of hydrogen-bond donors (Lipinski definition) is 0. The summed E-state index contributed by atoms with van der Waals surface area (Å²) in [6.07, 6.45) is 0. The first-order valence-corrected chi connectivity index (χ1v) is 12.4. The van der Waals surface area contributed by atoms with E-state index in [0.29, 0.717) is 0 Å². The van der Waals surface area contributed by atoms with E-state index in [4.69, 9.17) is 30.2 Å². The predicted octanol–water partition coefficient (Wildman–Crippen LogP) is 9.02. The molecule has 0 atom stereocenters. The Morgan fingerprint density at radius 1 is 0.483 bits per heavy atom. The molecule has 6 aromatic rings. The van der Waals surface area contributed by atoms with E-state index in [1.165, 1.54) is 0 Å². The van der Waals surface area contributed by atoms with Gasteiger partial charge in [0, 0.05) is 31.3 Å². The lowest BCUT2D eigenvalue weighted by molar-refractivity contribution is 0.668. The van der Waals surface area contributed by atoms with Crippen molar-refractivity contribution >= 4 is 73.7 Å². The van der Waals surface area contributed by atoms with Crippen LogP contribution in [0, 0.1) is 0 Å². The van der Waals surface area contributed by atoms with E-state index in [9.17, 15) is 0 Å². The van der Waals surface area contributed by atoms with Gasteiger partial charge in [-0.25, -0.2) is 0 Å². The lowest BCUT2D eigenvalue weighted by atomic mass is 10.1. The van der Waals surface area contributed by atoms with Crippen LogP contribution in [0.2, 0.25) is 0 Å². The molecule has 29 heavy (non-hydrogen) atoms. The zero-order valence-electron chi connectivity index (χ0n) is 15.1. The third-order valence-electron chi connectivity index (χ3n) is 5.29. The van der Waals surface area contributed by atoms with E-state index in [2.05, 4.69) is 0 Å². The number of hydrogen-bond acceptors (Lipinski definition) is 2. The van der Waals surface area contributed by atoms with Gasteiger partial charge in [-0.15, -0.1) is 0 Å². The van der Waals surface area contributed by atoms with Gasteiger partial charge in [0.1, 0.15) is 22.3 Å². The highest BCUT2D eigenvalue weighted by Gasteiger charge is 2.26. The van der Waals surface area contributed by atoms with Crippen molar-refractivity contribution in [2.45, 2.75) is 9.79 Å². The monoisotopic (exact) mass is 436 g/mol. The SMILES string of the molecule is ClS(Cl)(c1ccc2oc3ccccc3c2c1)c1ccc2oc3ccccc3c2c1. The number of rotatable bonds is 2. The van der Waals surface area contributed by atoms with Gasteiger partial charge < -0.3 is 8.83 Å². The Morgan fingerprint density at radius 2 is 0.897 bits per heavy atom. The second-order valence-corrected chi connectivity index (χ2v) is 12.1. The van der Waals surface area contributed by atoms with E-state index < -0.39 is 8.46 Å². The largest absolute Gasteiger partial charge is 0.456 e. The van der Waals surface area contributed by atoms with Crippen LogP contribution in [0.15, 0.2) is 104 Å². The summed E-state index contributed by atoms with van der Waals surface area (Å²) < 4.78 is 11.9. The Hall–Kier alpha value is -2.59. The van der Waals surface area contributed by atoms with Gasteiger partial charge in [0.15, 0.2) is 0 Å². The Balaban J connectivity index is 1.55. The number of para-hydroxylation sites is 2. The highest BCUT2D eigenvalue weighted by Crippen LogP contribution is 2.71. The standard InChI is InChI=1S/C24H14Cl2O2S/c25-29(26,15-9-11-23-19(13-15)17-5-1-3-7-21(17)27-23)16-10-12-24-20(14-16)18-6-2-4-8-22(18)28-24/h1-14H. The van der Waals surface area contributed by atoms with Crippen LogP contribution in [0.3, 0.4) is 0 Å². The van der Waals surface area contributed by atoms with Crippen LogP contribution in [-0.4, -0.2) is 0 Å². The van der Waals surface area contributed by atoms with Crippen LogP contribution in [0.1, 0.15) is 0 Å². The Kier molecular flexibility index (Phi) is 3.70. The van der Waals surface area contributed by atoms with E-state index in [1.807, 2.05) is 84.9 Å². The first kappa shape index (κ1) is 17.3. The molecular formula is C24H14Cl2O2S. The van der Waals surface area contributed by atoms with Crippen molar-refractivity contribution in [2.75, 3.05) is 0 Å². The van der Waals surface area contributed by atoms with Crippen molar-refractivity contribution in [3.63, 3.8) is 0 Å². The van der Waals surface area contributed by atoms with E-state index in [0.717, 1.165) is 53.7 Å². The van der Waals surface area contributed by atoms with Crippen LogP contribution < -0.4 is 0 Å². The molecule has 0 spiro atoms. The summed E-state index contributed by atoms with van der Waals surface area (Å²) >= 11 is 0. The molecular weight excluding hydrogens is 423 g/mol. The van der Waals surface area contributed by atoms with Gasteiger partial charge in [0.2, 0.25) is 0 Å². The first-order chi connectivity index (χ1) is 14.1. The van der Waals surface area contributed by atoms with Crippen LogP contribution in [0.5, 0.6) is 0 Å². The molecule has 2 heterocycles. The number of furan rings is 2. The van der Waals surface area contributed by atoms with Gasteiger partial charge in [-0.05, 0) is 78.4 Å². The van der Waals surface area contributed by atoms with E-state index in [-0.39, 0.29) is 0 Å². The van der Waals surface area contributed by atoms with Gasteiger partial charge in [-0.2, -0.15) is 0 Å². The van der Waals surface area contributed by atoms with E-state index >= 15 is 0 Å². The van der Waals surface area contributed by atoms with Gasteiger partial charge in [-0.1, -0.05) is 36.4 Å². The maximum atomic E-state index is 7.01. The molecule has 0 fully saturated rings. The van der Waals surface area contributed by atoms with Gasteiger partial charge in [0.25, 0.3) is 0 Å². The summed E-state index contributed by atoms with van der Waals surface area (Å²) in [5.74, 6) is 0. The van der Waals surface area contributed by atoms with Crippen molar-refractivity contribution in [1.29, 1.82) is 0 Å². The molecule has 0 saturated heterocycles. The summed E-state index contributed by atoms with van der Waals surface area (Å²) in [6, 6.07) is 27.9. The molecule has 0 aliphatic heterocycles. The maximum Gasteiger partial charge on any atom is 0.135 e. The molecule has 2 aromatic heterocycles. The van der Waals surface area contributed by atoms with Crippen molar-refractivity contribution in [3.8, 4) is 0 Å². The zero-order chi connectivity index (χ0) is 19.6. The minimum absolute atomic E-state index is 0.828. The summed E-state index contributed by atoms with van der Waals surface area (Å²) in [5, 5.41) is 4.16. The van der Waals surface area contributed by atoms with Gasteiger partial charge in [-0.3, -0.25) is 0 Å². The normalized spacial score (nSPS) is 13.0. The molecule has 0 amide bonds. The van der Waals surface area contributed by atoms with Crippen molar-refractivity contribution < 1.29 is 8.83 Å². The summed E-state index contributed by atoms with van der Waals surface area (Å²) in [4.78, 5) is 1.76. The van der Waals surface area contributed by atoms with Crippen LogP contribution in [-0.2, 0) is 0 Å². The molecule has 4 aromatic carbocycles. The van der Waals surface area contributed by atoms with Gasteiger partial charge in [0.05, 0.1) is 0 Å². The molecule has 0 bridgehead atoms. The second-order valence-electron chi connectivity index (χ2n) is 6.98. The van der Waals surface area contributed by atoms with Crippen molar-refractivity contribution in [2.24, 2.45) is 0 Å². The van der Waals surface area contributed by atoms with Crippen molar-refractivity contribution in [3.05, 3.63) is 84.9 Å². The fourth-order valence-electron chi connectivity index (χ4n) is 3.87. The molecule has 0 N–H and O–H groups in total. The second kappa shape index (κ2) is 6.20. The summed E-state index contributed by atoms with van der Waals surface area (Å²) in [5.41, 5.74) is 3.37. The Bertz CT molecular complexity index is 1430. The Morgan fingerprint density at radius 3 is 1.38 bits per heavy atom. The Labute approximate surface area is 176 Å². The van der Waals surface area contributed by atoms with E-state index in [1.54, 1.807) is 0 Å². The van der Waals surface area contributed by atoms with Crippen molar-refractivity contribution in [1.82, 2.24) is 0 Å². The molecule has 5 heteroatoms. The van der Waals surface area contributed by atoms with Crippen LogP contribution >= 0.6 is 29.8 Å². The molecule has 6 rings (SSSR count). The molecule has 0 unspecified atom stereocenters. The van der Waals surface area contributed by atoms with Crippen LogP contribution in [0.4, 0.5) is 0 Å². The number of halogens is 2. The fourth-order valence-corrected chi connectivity index (χ4v) is 6.30. The van der Waals surface area contributed by atoms with Crippen LogP contribution in [0.25, 0.3) is 43.9 Å². The lowest BCUT2D eigenvalue weighted by Gasteiger charge is -2.25. The number of benzene rings is 4. The maximum absolute atomic E-state index is 7.01. The minimum Gasteiger partial charge on any atom is -0.456 e. The zero-order valence-corrected chi connectivity index (χ0v) is 17.4. The third kappa shape index (κ3) is 2.58. The minimum atomic E-state index is -2.25. The average Bonchev–Trinajstić information content (AvgIpc) is 3.31. The smallest absolute Gasteiger partial charge is 0.135 e. The summed E-state index contributed by atoms with van der Waals surface area (Å²) in [6.45, 7) is 0. The molecule has 0 aliphatic carbocycles. The molecule has 0 saturated carbocycles. The molecule has 0 radical (unpaired) electrons. The topological polar surface area (TPSA) is 26.3 Å². The highest BCUT2D eigenvalue weighted by molar-refractivity contribution is 8.66. The molecule has 2 nitrogen and oxygen atoms in total. The average molecular weight is 437 g/mol. The summed E-state index contributed by atoms with van der Waals surface area (Å²) in [7, 11) is 11.8. The molecule has 0 aliphatic rings. The lowest BCUT2D eigenvalue weighted by Crippen LogP contribution is -1.87. The quantitative estimate of drug-likeness (QED) is 0.270. The fraction of sp³-hybridized carbons (Fsp3) is 0. The van der Waals surface area contributed by atoms with Gasteiger partial charge >= 0.3 is 0 Å².